The number of Topliss-reactive ketones (excluding diaryl/α,β-unsaturated/α-hetero) is 1. The number of hydrogen-bond acceptors (Lipinski definition) is 4. The fourth-order valence-corrected chi connectivity index (χ4v) is 1.91. The number of nitrogens with zero attached hydrogens (tertiary/aromatic N) is 1. The Morgan fingerprint density at radius 1 is 1.00 bits per heavy atom. The number of rotatable bonds is 5. The maximum atomic E-state index is 12.9. The molecular weight excluding hydrogens is 368 g/mol. The van der Waals surface area contributed by atoms with Gasteiger partial charge < -0.3 is 9.64 Å². The van der Waals surface area contributed by atoms with E-state index in [4.69, 9.17) is 0 Å². The Hall–Kier alpha value is -2.52. The van der Waals surface area contributed by atoms with Gasteiger partial charge in [-0.3, -0.25) is 4.79 Å². The number of alkyl halides is 6. The van der Waals surface area contributed by atoms with Crippen LogP contribution in [-0.4, -0.2) is 37.4 Å². The lowest BCUT2D eigenvalue weighted by Gasteiger charge is -2.15. The number of halogens is 6. The third-order valence-corrected chi connectivity index (χ3v) is 2.98. The van der Waals surface area contributed by atoms with Crippen LogP contribution in [0.1, 0.15) is 28.4 Å². The molecule has 1 rings (SSSR count). The van der Waals surface area contributed by atoms with Gasteiger partial charge in [0.15, 0.2) is 0 Å². The summed E-state index contributed by atoms with van der Waals surface area (Å²) in [5.41, 5.74) is -4.91. The van der Waals surface area contributed by atoms with Gasteiger partial charge in [0.2, 0.25) is 5.78 Å². The molecule has 0 bridgehead atoms. The van der Waals surface area contributed by atoms with Crippen molar-refractivity contribution in [2.75, 3.05) is 20.7 Å². The lowest BCUT2D eigenvalue weighted by atomic mass is 9.98. The Morgan fingerprint density at radius 3 is 1.81 bits per heavy atom. The molecule has 0 saturated heterocycles. The first-order valence-electron chi connectivity index (χ1n) is 7.17. The van der Waals surface area contributed by atoms with Crippen LogP contribution in [0, 0.1) is 0 Å². The highest BCUT2D eigenvalue weighted by Crippen LogP contribution is 2.36. The van der Waals surface area contributed by atoms with Gasteiger partial charge in [0.1, 0.15) is 5.57 Å². The summed E-state index contributed by atoms with van der Waals surface area (Å²) in [4.78, 5) is 25.5. The van der Waals surface area contributed by atoms with E-state index in [9.17, 15) is 35.9 Å². The van der Waals surface area contributed by atoms with E-state index in [0.717, 1.165) is 6.20 Å². The van der Waals surface area contributed by atoms with E-state index in [1.165, 1.54) is 25.9 Å². The summed E-state index contributed by atoms with van der Waals surface area (Å²) in [5.74, 6) is -2.47. The first kappa shape index (κ1) is 21.5. The predicted octanol–water partition coefficient (Wildman–Crippen LogP) is 3.92. The summed E-state index contributed by atoms with van der Waals surface area (Å²) in [7, 11) is 2.83. The number of ether oxygens (including phenoxy) is 1. The summed E-state index contributed by atoms with van der Waals surface area (Å²) in [6.07, 6.45) is -9.24. The molecule has 144 valence electrons. The van der Waals surface area contributed by atoms with Crippen LogP contribution in [0.3, 0.4) is 0 Å². The minimum atomic E-state index is -5.11. The Labute approximate surface area is 145 Å². The van der Waals surface area contributed by atoms with Crippen LogP contribution in [0.25, 0.3) is 0 Å². The molecule has 10 heteroatoms. The molecule has 0 aliphatic heterocycles. The van der Waals surface area contributed by atoms with Gasteiger partial charge in [0.25, 0.3) is 0 Å². The number of hydrogen-bond donors (Lipinski definition) is 0. The smallest absolute Gasteiger partial charge is 0.416 e. The molecule has 0 saturated carbocycles. The number of ketones is 1. The Kier molecular flexibility index (Phi) is 6.45. The van der Waals surface area contributed by atoms with E-state index in [1.54, 1.807) is 0 Å². The highest BCUT2D eigenvalue weighted by Gasteiger charge is 2.38. The largest absolute Gasteiger partial charge is 0.462 e. The number of carbonyl (C=O) groups excluding carboxylic acids is 2. The molecular formula is C16H15F6NO3. The predicted molar refractivity (Wildman–Crippen MR) is 79.2 cm³/mol. The molecule has 1 aromatic rings. The van der Waals surface area contributed by atoms with Crippen molar-refractivity contribution in [1.82, 2.24) is 4.90 Å². The van der Waals surface area contributed by atoms with Gasteiger partial charge in [-0.15, -0.1) is 0 Å². The van der Waals surface area contributed by atoms with Gasteiger partial charge in [0.05, 0.1) is 17.7 Å². The zero-order valence-electron chi connectivity index (χ0n) is 14.0. The van der Waals surface area contributed by atoms with Crippen LogP contribution < -0.4 is 0 Å². The van der Waals surface area contributed by atoms with Crippen molar-refractivity contribution in [2.45, 2.75) is 19.3 Å². The SMILES string of the molecule is CCOC(=O)C(=CN(C)C)C(=O)c1cc(C(F)(F)F)cc(C(F)(F)F)c1. The maximum absolute atomic E-state index is 12.9. The van der Waals surface area contributed by atoms with Crippen molar-refractivity contribution in [3.8, 4) is 0 Å². The average Bonchev–Trinajstić information content (AvgIpc) is 2.49. The molecule has 26 heavy (non-hydrogen) atoms. The summed E-state index contributed by atoms with van der Waals surface area (Å²) < 4.78 is 82.0. The van der Waals surface area contributed by atoms with Crippen LogP contribution in [0.5, 0.6) is 0 Å². The van der Waals surface area contributed by atoms with Gasteiger partial charge in [-0.05, 0) is 25.1 Å². The zero-order valence-corrected chi connectivity index (χ0v) is 14.0. The van der Waals surface area contributed by atoms with Crippen molar-refractivity contribution in [2.24, 2.45) is 0 Å². The molecule has 1 aromatic carbocycles. The van der Waals surface area contributed by atoms with E-state index >= 15 is 0 Å². The van der Waals surface area contributed by atoms with E-state index in [1.807, 2.05) is 0 Å². The number of carbonyl (C=O) groups is 2. The maximum Gasteiger partial charge on any atom is 0.416 e. The Balaban J connectivity index is 3.56. The number of benzene rings is 1. The quantitative estimate of drug-likeness (QED) is 0.193. The summed E-state index contributed by atoms with van der Waals surface area (Å²) >= 11 is 0. The van der Waals surface area contributed by atoms with Gasteiger partial charge in [-0.2, -0.15) is 26.3 Å². The molecule has 0 aromatic heterocycles. The molecule has 0 unspecified atom stereocenters. The third kappa shape index (κ3) is 5.50. The standard InChI is InChI=1S/C16H15F6NO3/c1-4-26-14(25)12(8-23(2)3)13(24)9-5-10(15(17,18)19)7-11(6-9)16(20,21)22/h5-8H,4H2,1-3H3. The molecule has 0 amide bonds. The average molecular weight is 383 g/mol. The Morgan fingerprint density at radius 2 is 1.46 bits per heavy atom. The van der Waals surface area contributed by atoms with Crippen LogP contribution in [0.4, 0.5) is 26.3 Å². The van der Waals surface area contributed by atoms with Gasteiger partial charge in [0, 0.05) is 25.9 Å². The van der Waals surface area contributed by atoms with E-state index in [0.29, 0.717) is 0 Å². The lowest BCUT2D eigenvalue weighted by molar-refractivity contribution is -0.143. The molecule has 0 radical (unpaired) electrons. The van der Waals surface area contributed by atoms with E-state index in [-0.39, 0.29) is 24.8 Å². The second-order valence-electron chi connectivity index (χ2n) is 5.35. The van der Waals surface area contributed by atoms with Gasteiger partial charge >= 0.3 is 18.3 Å². The second kappa shape index (κ2) is 7.79. The molecule has 0 aliphatic rings. The molecule has 4 nitrogen and oxygen atoms in total. The fourth-order valence-electron chi connectivity index (χ4n) is 1.91. The minimum Gasteiger partial charge on any atom is -0.462 e. The van der Waals surface area contributed by atoms with Crippen molar-refractivity contribution in [1.29, 1.82) is 0 Å². The summed E-state index contributed by atoms with van der Waals surface area (Å²) in [6, 6.07) is 0.428. The molecule has 0 aliphatic carbocycles. The number of esters is 1. The molecule has 0 atom stereocenters. The fraction of sp³-hybridized carbons (Fsp3) is 0.375. The van der Waals surface area contributed by atoms with Crippen molar-refractivity contribution >= 4 is 11.8 Å². The van der Waals surface area contributed by atoms with Gasteiger partial charge in [-0.1, -0.05) is 0 Å². The van der Waals surface area contributed by atoms with Crippen molar-refractivity contribution in [3.05, 3.63) is 46.7 Å². The van der Waals surface area contributed by atoms with Crippen molar-refractivity contribution in [3.63, 3.8) is 0 Å². The molecule has 0 spiro atoms. The third-order valence-electron chi connectivity index (χ3n) is 2.98. The zero-order chi connectivity index (χ0) is 20.3. The normalized spacial score (nSPS) is 12.7. The topological polar surface area (TPSA) is 46.6 Å². The first-order valence-corrected chi connectivity index (χ1v) is 7.17. The van der Waals surface area contributed by atoms with Crippen LogP contribution in [0.2, 0.25) is 0 Å². The monoisotopic (exact) mass is 383 g/mol. The Bertz CT molecular complexity index is 687. The van der Waals surface area contributed by atoms with E-state index in [2.05, 4.69) is 4.74 Å². The lowest BCUT2D eigenvalue weighted by Crippen LogP contribution is -2.21. The molecule has 0 heterocycles. The second-order valence-corrected chi connectivity index (χ2v) is 5.35. The first-order chi connectivity index (χ1) is 11.8. The summed E-state index contributed by atoms with van der Waals surface area (Å²) in [6.45, 7) is 1.30. The highest BCUT2D eigenvalue weighted by molar-refractivity contribution is 6.24. The van der Waals surface area contributed by atoms with Crippen LogP contribution >= 0.6 is 0 Å². The highest BCUT2D eigenvalue weighted by atomic mass is 19.4. The summed E-state index contributed by atoms with van der Waals surface area (Å²) in [5, 5.41) is 0. The van der Waals surface area contributed by atoms with E-state index < -0.39 is 46.4 Å². The van der Waals surface area contributed by atoms with Crippen molar-refractivity contribution < 1.29 is 40.7 Å². The minimum absolute atomic E-state index is 0.101. The molecule has 0 fully saturated rings. The molecule has 0 N–H and O–H groups in total. The van der Waals surface area contributed by atoms with Crippen LogP contribution in [-0.2, 0) is 21.9 Å². The van der Waals surface area contributed by atoms with Gasteiger partial charge in [-0.25, -0.2) is 4.79 Å². The van der Waals surface area contributed by atoms with Crippen LogP contribution in [0.15, 0.2) is 30.0 Å².